The first-order chi connectivity index (χ1) is 4.84. The van der Waals surface area contributed by atoms with Crippen LogP contribution in [0.25, 0.3) is 0 Å². The van der Waals surface area contributed by atoms with E-state index in [9.17, 15) is 0 Å². The molecule has 3 nitrogen and oxygen atoms in total. The normalized spacial score (nSPS) is 33.0. The summed E-state index contributed by atoms with van der Waals surface area (Å²) in [5.74, 6) is 0. The van der Waals surface area contributed by atoms with Gasteiger partial charge in [-0.3, -0.25) is 0 Å². The van der Waals surface area contributed by atoms with E-state index >= 15 is 0 Å². The summed E-state index contributed by atoms with van der Waals surface area (Å²) >= 11 is 0. The van der Waals surface area contributed by atoms with Gasteiger partial charge in [0.25, 0.3) is 0 Å². The minimum atomic E-state index is 0.367. The van der Waals surface area contributed by atoms with E-state index in [1.54, 1.807) is 0 Å². The molecule has 0 bridgehead atoms. The number of nitrogens with two attached hydrogens (primary N) is 1. The Morgan fingerprint density at radius 3 is 3.00 bits per heavy atom. The van der Waals surface area contributed by atoms with Crippen LogP contribution in [0.3, 0.4) is 0 Å². The van der Waals surface area contributed by atoms with Gasteiger partial charge in [0.2, 0.25) is 0 Å². The Hall–Kier alpha value is -0.120. The first kappa shape index (κ1) is 7.98. The van der Waals surface area contributed by atoms with Gasteiger partial charge in [0.1, 0.15) is 0 Å². The Kier molecular flexibility index (Phi) is 3.12. The van der Waals surface area contributed by atoms with Crippen LogP contribution in [0.2, 0.25) is 0 Å². The van der Waals surface area contributed by atoms with Crippen molar-refractivity contribution in [3.63, 3.8) is 0 Å². The molecule has 10 heavy (non-hydrogen) atoms. The molecule has 2 atom stereocenters. The third kappa shape index (κ3) is 1.94. The monoisotopic (exact) mass is 144 g/mol. The van der Waals surface area contributed by atoms with E-state index in [1.165, 1.54) is 0 Å². The van der Waals surface area contributed by atoms with Gasteiger partial charge in [-0.05, 0) is 13.3 Å². The third-order valence-electron chi connectivity index (χ3n) is 1.93. The van der Waals surface area contributed by atoms with Gasteiger partial charge in [0.15, 0.2) is 0 Å². The van der Waals surface area contributed by atoms with Gasteiger partial charge < -0.3 is 15.8 Å². The average Bonchev–Trinajstić information content (AvgIpc) is 2.31. The van der Waals surface area contributed by atoms with E-state index in [-0.39, 0.29) is 0 Å². The lowest BCUT2D eigenvalue weighted by Crippen LogP contribution is -2.37. The maximum atomic E-state index is 5.36. The Morgan fingerprint density at radius 2 is 2.50 bits per heavy atom. The maximum Gasteiger partial charge on any atom is 0.0700 e. The summed E-state index contributed by atoms with van der Waals surface area (Å²) < 4.78 is 5.36. The lowest BCUT2D eigenvalue weighted by Gasteiger charge is -2.14. The summed E-state index contributed by atoms with van der Waals surface area (Å²) in [5.41, 5.74) is 5.35. The molecule has 0 radical (unpaired) electrons. The van der Waals surface area contributed by atoms with Crippen molar-refractivity contribution in [1.82, 2.24) is 5.32 Å². The molecule has 0 aromatic heterocycles. The molecule has 1 aliphatic heterocycles. The van der Waals surface area contributed by atoms with Crippen molar-refractivity contribution in [2.45, 2.75) is 25.5 Å². The standard InChI is InChI=1S/C7H16N2O/c1-6-7(2-5-10-6)9-4-3-8/h6-7,9H,2-5,8H2,1H3. The largest absolute Gasteiger partial charge is 0.377 e. The van der Waals surface area contributed by atoms with Gasteiger partial charge in [-0.25, -0.2) is 0 Å². The molecule has 3 N–H and O–H groups in total. The summed E-state index contributed by atoms with van der Waals surface area (Å²) in [6, 6.07) is 0.531. The van der Waals surface area contributed by atoms with Gasteiger partial charge >= 0.3 is 0 Å². The Balaban J connectivity index is 2.14. The summed E-state index contributed by atoms with van der Waals surface area (Å²) in [4.78, 5) is 0. The molecule has 0 amide bonds. The quantitative estimate of drug-likeness (QED) is 0.572. The van der Waals surface area contributed by atoms with Crippen molar-refractivity contribution < 1.29 is 4.74 Å². The van der Waals surface area contributed by atoms with Gasteiger partial charge in [-0.15, -0.1) is 0 Å². The summed E-state index contributed by atoms with van der Waals surface area (Å²) in [5, 5.41) is 3.33. The van der Waals surface area contributed by atoms with E-state index < -0.39 is 0 Å². The highest BCUT2D eigenvalue weighted by molar-refractivity contribution is 4.78. The van der Waals surface area contributed by atoms with E-state index in [0.29, 0.717) is 18.7 Å². The molecule has 1 saturated heterocycles. The molecule has 0 aromatic rings. The SMILES string of the molecule is CC1OCCC1NCCN. The molecule has 1 aliphatic rings. The highest BCUT2D eigenvalue weighted by Crippen LogP contribution is 2.11. The fourth-order valence-electron chi connectivity index (χ4n) is 1.27. The van der Waals surface area contributed by atoms with Crippen molar-refractivity contribution in [2.24, 2.45) is 5.73 Å². The van der Waals surface area contributed by atoms with Crippen molar-refractivity contribution in [2.75, 3.05) is 19.7 Å². The minimum Gasteiger partial charge on any atom is -0.377 e. The van der Waals surface area contributed by atoms with Crippen LogP contribution in [0.1, 0.15) is 13.3 Å². The van der Waals surface area contributed by atoms with E-state index in [1.807, 2.05) is 0 Å². The number of hydrogen-bond acceptors (Lipinski definition) is 3. The lowest BCUT2D eigenvalue weighted by molar-refractivity contribution is 0.113. The fourth-order valence-corrected chi connectivity index (χ4v) is 1.27. The first-order valence-electron chi connectivity index (χ1n) is 3.89. The summed E-state index contributed by atoms with van der Waals surface area (Å²) in [6.45, 7) is 4.60. The molecule has 0 saturated carbocycles. The molecule has 60 valence electrons. The summed E-state index contributed by atoms with van der Waals surface area (Å²) in [6.07, 6.45) is 1.49. The molecular weight excluding hydrogens is 128 g/mol. The molecule has 0 aliphatic carbocycles. The minimum absolute atomic E-state index is 0.367. The molecular formula is C7H16N2O. The number of ether oxygens (including phenoxy) is 1. The molecule has 3 heteroatoms. The molecule has 0 spiro atoms. The highest BCUT2D eigenvalue weighted by Gasteiger charge is 2.22. The average molecular weight is 144 g/mol. The molecule has 1 rings (SSSR count). The van der Waals surface area contributed by atoms with Crippen molar-refractivity contribution in [3.8, 4) is 0 Å². The van der Waals surface area contributed by atoms with Crippen LogP contribution >= 0.6 is 0 Å². The van der Waals surface area contributed by atoms with Gasteiger partial charge in [0, 0.05) is 25.7 Å². The zero-order chi connectivity index (χ0) is 7.40. The van der Waals surface area contributed by atoms with Gasteiger partial charge in [0.05, 0.1) is 6.10 Å². The zero-order valence-electron chi connectivity index (χ0n) is 6.47. The number of nitrogens with one attached hydrogen (secondary N) is 1. The van der Waals surface area contributed by atoms with Crippen LogP contribution in [0.5, 0.6) is 0 Å². The predicted octanol–water partition coefficient (Wildman–Crippen LogP) is -0.288. The fraction of sp³-hybridized carbons (Fsp3) is 1.00. The molecule has 1 fully saturated rings. The van der Waals surface area contributed by atoms with Crippen molar-refractivity contribution in [1.29, 1.82) is 0 Å². The van der Waals surface area contributed by atoms with Crippen LogP contribution in [-0.2, 0) is 4.74 Å². The van der Waals surface area contributed by atoms with E-state index in [2.05, 4.69) is 12.2 Å². The molecule has 0 aromatic carbocycles. The lowest BCUT2D eigenvalue weighted by atomic mass is 10.1. The highest BCUT2D eigenvalue weighted by atomic mass is 16.5. The van der Waals surface area contributed by atoms with Crippen molar-refractivity contribution >= 4 is 0 Å². The van der Waals surface area contributed by atoms with Crippen LogP contribution in [0.4, 0.5) is 0 Å². The topological polar surface area (TPSA) is 47.3 Å². The van der Waals surface area contributed by atoms with Crippen LogP contribution in [0.15, 0.2) is 0 Å². The molecule has 1 heterocycles. The maximum absolute atomic E-state index is 5.36. The van der Waals surface area contributed by atoms with E-state index in [0.717, 1.165) is 19.6 Å². The second-order valence-corrected chi connectivity index (χ2v) is 2.71. The molecule has 2 unspecified atom stereocenters. The Labute approximate surface area is 61.9 Å². The van der Waals surface area contributed by atoms with Gasteiger partial charge in [-0.1, -0.05) is 0 Å². The van der Waals surface area contributed by atoms with Crippen molar-refractivity contribution in [3.05, 3.63) is 0 Å². The second-order valence-electron chi connectivity index (χ2n) is 2.71. The number of rotatable bonds is 3. The van der Waals surface area contributed by atoms with E-state index in [4.69, 9.17) is 10.5 Å². The predicted molar refractivity (Wildman–Crippen MR) is 40.9 cm³/mol. The smallest absolute Gasteiger partial charge is 0.0700 e. The summed E-state index contributed by atoms with van der Waals surface area (Å²) in [7, 11) is 0. The second kappa shape index (κ2) is 3.91. The third-order valence-corrected chi connectivity index (χ3v) is 1.93. The van der Waals surface area contributed by atoms with Crippen LogP contribution in [0, 0.1) is 0 Å². The Bertz CT molecular complexity index is 97.6. The number of hydrogen-bond donors (Lipinski definition) is 2. The zero-order valence-corrected chi connectivity index (χ0v) is 6.47. The van der Waals surface area contributed by atoms with Crippen LogP contribution < -0.4 is 11.1 Å². The van der Waals surface area contributed by atoms with Gasteiger partial charge in [-0.2, -0.15) is 0 Å². The first-order valence-corrected chi connectivity index (χ1v) is 3.89. The van der Waals surface area contributed by atoms with Crippen LogP contribution in [-0.4, -0.2) is 31.8 Å². The Morgan fingerprint density at radius 1 is 1.70 bits per heavy atom.